The first kappa shape index (κ1) is 16.5. The molecule has 0 radical (unpaired) electrons. The second-order valence-corrected chi connectivity index (χ2v) is 5.40. The van der Waals surface area contributed by atoms with Crippen molar-refractivity contribution in [2.45, 2.75) is 65.8 Å². The summed E-state index contributed by atoms with van der Waals surface area (Å²) in [6.07, 6.45) is 5.14. The molecule has 2 N–H and O–H groups in total. The molecule has 4 nitrogen and oxygen atoms in total. The Kier molecular flexibility index (Phi) is 6.49. The molecule has 1 aromatic heterocycles. The maximum Gasteiger partial charge on any atom is 0.261 e. The van der Waals surface area contributed by atoms with Crippen LogP contribution in [-0.4, -0.2) is 16.9 Å². The van der Waals surface area contributed by atoms with Gasteiger partial charge in [0, 0.05) is 11.7 Å². The number of hydrogen-bond donors (Lipinski definition) is 2. The summed E-state index contributed by atoms with van der Waals surface area (Å²) >= 11 is 0. The molecule has 112 valence electrons. The van der Waals surface area contributed by atoms with Crippen molar-refractivity contribution < 1.29 is 4.79 Å². The maximum absolute atomic E-state index is 12.1. The van der Waals surface area contributed by atoms with E-state index in [0.29, 0.717) is 0 Å². The van der Waals surface area contributed by atoms with Gasteiger partial charge in [0.25, 0.3) is 11.5 Å². The Hall–Kier alpha value is -1.58. The van der Waals surface area contributed by atoms with Gasteiger partial charge in [0.2, 0.25) is 0 Å². The minimum absolute atomic E-state index is 0.0969. The Balaban J connectivity index is 2.73. The van der Waals surface area contributed by atoms with E-state index in [2.05, 4.69) is 17.2 Å². The molecule has 0 unspecified atom stereocenters. The fraction of sp³-hybridized carbons (Fsp3) is 0.625. The van der Waals surface area contributed by atoms with Crippen LogP contribution < -0.4 is 10.9 Å². The van der Waals surface area contributed by atoms with Crippen LogP contribution in [0.2, 0.25) is 0 Å². The van der Waals surface area contributed by atoms with Gasteiger partial charge in [-0.3, -0.25) is 9.59 Å². The average Bonchev–Trinajstić information content (AvgIpc) is 2.41. The van der Waals surface area contributed by atoms with Crippen LogP contribution in [0.4, 0.5) is 0 Å². The van der Waals surface area contributed by atoms with Gasteiger partial charge in [-0.1, -0.05) is 33.1 Å². The van der Waals surface area contributed by atoms with Gasteiger partial charge in [-0.15, -0.1) is 0 Å². The zero-order chi connectivity index (χ0) is 15.1. The molecule has 1 atom stereocenters. The Labute approximate surface area is 121 Å². The van der Waals surface area contributed by atoms with Crippen molar-refractivity contribution in [3.63, 3.8) is 0 Å². The molecule has 1 rings (SSSR count). The van der Waals surface area contributed by atoms with Crippen molar-refractivity contribution in [3.05, 3.63) is 33.2 Å². The number of aryl methyl sites for hydroxylation is 2. The van der Waals surface area contributed by atoms with E-state index in [1.165, 1.54) is 6.42 Å². The standard InChI is InChI=1S/C16H26N2O2/c1-5-7-8-9-12(4)17-15(19)13-10-11(3)14(6-2)18-16(13)20/h10,12H,5-9H2,1-4H3,(H,17,19)(H,18,20)/t12-/m1/s1. The van der Waals surface area contributed by atoms with Gasteiger partial charge in [-0.2, -0.15) is 0 Å². The molecule has 1 amide bonds. The molecule has 0 bridgehead atoms. The van der Waals surface area contributed by atoms with Crippen LogP contribution >= 0.6 is 0 Å². The number of carbonyl (C=O) groups excluding carboxylic acids is 1. The molecule has 0 saturated heterocycles. The highest BCUT2D eigenvalue weighted by Gasteiger charge is 2.14. The normalized spacial score (nSPS) is 12.2. The van der Waals surface area contributed by atoms with E-state index in [1.807, 2.05) is 20.8 Å². The third-order valence-corrected chi connectivity index (χ3v) is 3.56. The van der Waals surface area contributed by atoms with Gasteiger partial charge in [-0.05, 0) is 38.3 Å². The van der Waals surface area contributed by atoms with Crippen LogP contribution in [0, 0.1) is 6.92 Å². The molecule has 0 saturated carbocycles. The Morgan fingerprint density at radius 2 is 2.05 bits per heavy atom. The third-order valence-electron chi connectivity index (χ3n) is 3.56. The van der Waals surface area contributed by atoms with Crippen LogP contribution in [0.15, 0.2) is 10.9 Å². The molecule has 1 heterocycles. The number of unbranched alkanes of at least 4 members (excludes halogenated alkanes) is 2. The summed E-state index contributed by atoms with van der Waals surface area (Å²) in [4.78, 5) is 26.8. The van der Waals surface area contributed by atoms with Crippen molar-refractivity contribution in [2.75, 3.05) is 0 Å². The monoisotopic (exact) mass is 278 g/mol. The lowest BCUT2D eigenvalue weighted by Crippen LogP contribution is -2.36. The smallest absolute Gasteiger partial charge is 0.261 e. The van der Waals surface area contributed by atoms with E-state index in [0.717, 1.165) is 36.9 Å². The van der Waals surface area contributed by atoms with Crippen molar-refractivity contribution in [2.24, 2.45) is 0 Å². The third kappa shape index (κ3) is 4.51. The molecule has 0 aliphatic heterocycles. The summed E-state index contributed by atoms with van der Waals surface area (Å²) in [5.41, 5.74) is 1.76. The van der Waals surface area contributed by atoms with Crippen LogP contribution in [0.1, 0.15) is 68.1 Å². The predicted octanol–water partition coefficient (Wildman–Crippen LogP) is 2.94. The van der Waals surface area contributed by atoms with Gasteiger partial charge in [0.1, 0.15) is 5.56 Å². The number of nitrogens with one attached hydrogen (secondary N) is 2. The van der Waals surface area contributed by atoms with E-state index < -0.39 is 0 Å². The number of aromatic amines is 1. The first-order chi connectivity index (χ1) is 9.49. The fourth-order valence-electron chi connectivity index (χ4n) is 2.28. The first-order valence-electron chi connectivity index (χ1n) is 7.53. The lowest BCUT2D eigenvalue weighted by molar-refractivity contribution is 0.0936. The number of rotatable bonds is 7. The zero-order valence-electron chi connectivity index (χ0n) is 13.0. The summed E-state index contributed by atoms with van der Waals surface area (Å²) < 4.78 is 0. The Morgan fingerprint density at radius 3 is 2.65 bits per heavy atom. The first-order valence-corrected chi connectivity index (χ1v) is 7.53. The van der Waals surface area contributed by atoms with Gasteiger partial charge in [-0.25, -0.2) is 0 Å². The van der Waals surface area contributed by atoms with Crippen molar-refractivity contribution in [3.8, 4) is 0 Å². The van der Waals surface area contributed by atoms with Crippen molar-refractivity contribution >= 4 is 5.91 Å². The molecule has 0 spiro atoms. The lowest BCUT2D eigenvalue weighted by Gasteiger charge is -2.14. The summed E-state index contributed by atoms with van der Waals surface area (Å²) in [6, 6.07) is 1.78. The van der Waals surface area contributed by atoms with E-state index >= 15 is 0 Å². The van der Waals surface area contributed by atoms with Gasteiger partial charge < -0.3 is 10.3 Å². The average molecular weight is 278 g/mol. The van der Waals surface area contributed by atoms with Crippen LogP contribution in [0.5, 0.6) is 0 Å². The minimum Gasteiger partial charge on any atom is -0.349 e. The molecule has 0 fully saturated rings. The fourth-order valence-corrected chi connectivity index (χ4v) is 2.28. The number of hydrogen-bond acceptors (Lipinski definition) is 2. The number of aromatic nitrogens is 1. The summed E-state index contributed by atoms with van der Waals surface area (Å²) in [5, 5.41) is 2.90. The number of pyridine rings is 1. The van der Waals surface area contributed by atoms with Gasteiger partial charge >= 0.3 is 0 Å². The van der Waals surface area contributed by atoms with Crippen LogP contribution in [0.25, 0.3) is 0 Å². The van der Waals surface area contributed by atoms with E-state index in [-0.39, 0.29) is 23.1 Å². The molecular formula is C16H26N2O2. The Bertz CT molecular complexity index is 506. The number of amides is 1. The van der Waals surface area contributed by atoms with E-state index in [1.54, 1.807) is 6.07 Å². The summed E-state index contributed by atoms with van der Waals surface area (Å²) in [5.74, 6) is -0.277. The van der Waals surface area contributed by atoms with Gasteiger partial charge in [0.15, 0.2) is 0 Å². The Morgan fingerprint density at radius 1 is 1.35 bits per heavy atom. The zero-order valence-corrected chi connectivity index (χ0v) is 13.0. The topological polar surface area (TPSA) is 62.0 Å². The lowest BCUT2D eigenvalue weighted by atomic mass is 10.1. The highest BCUT2D eigenvalue weighted by Crippen LogP contribution is 2.07. The molecule has 0 aromatic carbocycles. The molecule has 0 aliphatic carbocycles. The van der Waals surface area contributed by atoms with Crippen LogP contribution in [0.3, 0.4) is 0 Å². The largest absolute Gasteiger partial charge is 0.349 e. The minimum atomic E-state index is -0.300. The second kappa shape index (κ2) is 7.88. The van der Waals surface area contributed by atoms with E-state index in [4.69, 9.17) is 0 Å². The quantitative estimate of drug-likeness (QED) is 0.753. The van der Waals surface area contributed by atoms with E-state index in [9.17, 15) is 9.59 Å². The maximum atomic E-state index is 12.1. The second-order valence-electron chi connectivity index (χ2n) is 5.40. The SMILES string of the molecule is CCCCC[C@@H](C)NC(=O)c1cc(C)c(CC)[nH]c1=O. The molecular weight excluding hydrogens is 252 g/mol. The summed E-state index contributed by atoms with van der Waals surface area (Å²) in [6.45, 7) is 8.03. The molecule has 4 heteroatoms. The number of H-pyrrole nitrogens is 1. The molecule has 0 aliphatic rings. The van der Waals surface area contributed by atoms with Crippen molar-refractivity contribution in [1.29, 1.82) is 0 Å². The molecule has 20 heavy (non-hydrogen) atoms. The van der Waals surface area contributed by atoms with Crippen molar-refractivity contribution in [1.82, 2.24) is 10.3 Å². The number of carbonyl (C=O) groups is 1. The predicted molar refractivity (Wildman–Crippen MR) is 82.2 cm³/mol. The van der Waals surface area contributed by atoms with Gasteiger partial charge in [0.05, 0.1) is 0 Å². The highest BCUT2D eigenvalue weighted by atomic mass is 16.2. The summed E-state index contributed by atoms with van der Waals surface area (Å²) in [7, 11) is 0. The molecule has 1 aromatic rings. The van der Waals surface area contributed by atoms with Crippen LogP contribution in [-0.2, 0) is 6.42 Å². The highest BCUT2D eigenvalue weighted by molar-refractivity contribution is 5.94.